The Hall–Kier alpha value is -4.10. The van der Waals surface area contributed by atoms with Crippen molar-refractivity contribution in [1.29, 1.82) is 0 Å². The molecule has 0 aliphatic rings. The largest absolute Gasteiger partial charge is 0.497 e. The van der Waals surface area contributed by atoms with Crippen LogP contribution in [0.1, 0.15) is 45.2 Å². The van der Waals surface area contributed by atoms with Crippen LogP contribution in [0, 0.1) is 0 Å². The Kier molecular flexibility index (Phi) is 10.1. The third kappa shape index (κ3) is 8.29. The van der Waals surface area contributed by atoms with Gasteiger partial charge in [0.2, 0.25) is 0 Å². The van der Waals surface area contributed by atoms with Crippen molar-refractivity contribution in [2.45, 2.75) is 19.4 Å². The second kappa shape index (κ2) is 13.7. The molecule has 0 aromatic heterocycles. The van der Waals surface area contributed by atoms with Crippen LogP contribution in [0.5, 0.6) is 11.5 Å². The van der Waals surface area contributed by atoms with E-state index in [1.807, 2.05) is 43.3 Å². The van der Waals surface area contributed by atoms with Gasteiger partial charge in [0.05, 0.1) is 13.2 Å². The summed E-state index contributed by atoms with van der Waals surface area (Å²) in [4.78, 5) is 33.6. The number of benzene rings is 3. The fourth-order valence-corrected chi connectivity index (χ4v) is 3.17. The van der Waals surface area contributed by atoms with E-state index in [1.165, 1.54) is 0 Å². The Morgan fingerprint density at radius 2 is 1.33 bits per heavy atom. The van der Waals surface area contributed by atoms with Gasteiger partial charge in [0.15, 0.2) is 11.6 Å². The number of hydrogen-bond acceptors (Lipinski definition) is 7. The molecule has 0 aliphatic heterocycles. The fourth-order valence-electron chi connectivity index (χ4n) is 3.17. The average Bonchev–Trinajstić information content (AvgIpc) is 2.92. The molecule has 0 bridgehead atoms. The zero-order chi connectivity index (χ0) is 25.8. The molecule has 3 aromatic rings. The Balaban J connectivity index is 1.51. The fraction of sp³-hybridized carbons (Fsp3) is 0.241. The lowest BCUT2D eigenvalue weighted by Gasteiger charge is -2.10. The molecular formula is C29H30N2O5. The van der Waals surface area contributed by atoms with Crippen molar-refractivity contribution < 1.29 is 24.2 Å². The number of aliphatic hydroxyl groups is 1. The Bertz CT molecular complexity index is 1200. The second-order valence-corrected chi connectivity index (χ2v) is 8.08. The van der Waals surface area contributed by atoms with Crippen LogP contribution in [0.3, 0.4) is 0 Å². The van der Waals surface area contributed by atoms with Gasteiger partial charge in [-0.2, -0.15) is 0 Å². The summed E-state index contributed by atoms with van der Waals surface area (Å²) in [6, 6.07) is 21.2. The molecule has 0 amide bonds. The number of hydrogen-bond donors (Lipinski definition) is 1. The van der Waals surface area contributed by atoms with Crippen LogP contribution in [-0.2, 0) is 0 Å². The molecule has 0 saturated carbocycles. The molecule has 0 heterocycles. The molecule has 0 radical (unpaired) electrons. The zero-order valence-electron chi connectivity index (χ0n) is 20.5. The second-order valence-electron chi connectivity index (χ2n) is 8.08. The topological polar surface area (TPSA) is 97.6 Å². The van der Waals surface area contributed by atoms with Crippen LogP contribution in [0.2, 0.25) is 0 Å². The maximum Gasteiger partial charge on any atom is 0.184 e. The Morgan fingerprint density at radius 1 is 0.833 bits per heavy atom. The molecule has 1 atom stereocenters. The number of rotatable bonds is 13. The molecular weight excluding hydrogens is 456 g/mol. The molecule has 7 nitrogen and oxygen atoms in total. The van der Waals surface area contributed by atoms with Crippen LogP contribution in [-0.4, -0.2) is 62.0 Å². The number of aliphatic imine (C=N–C) groups is 2. The highest BCUT2D eigenvalue weighted by molar-refractivity contribution is 6.03. The van der Waals surface area contributed by atoms with Crippen LogP contribution in [0.15, 0.2) is 82.8 Å². The predicted molar refractivity (Wildman–Crippen MR) is 141 cm³/mol. The minimum atomic E-state index is -0.488. The third-order valence-corrected chi connectivity index (χ3v) is 5.37. The van der Waals surface area contributed by atoms with E-state index in [2.05, 4.69) is 9.98 Å². The van der Waals surface area contributed by atoms with Gasteiger partial charge >= 0.3 is 0 Å². The standard InChI is InChI=1S/C29H30N2O5/c1-3-25(32)20-36-27-13-9-22(10-14-27)17-31-19-29(34)24-6-4-5-23(15-24)28(33)18-30-16-21-7-11-26(35-2)12-8-21/h4-17,25,32H,3,18-20H2,1-2H3. The first-order valence-electron chi connectivity index (χ1n) is 11.7. The summed E-state index contributed by atoms with van der Waals surface area (Å²) in [5.74, 6) is 1.05. The van der Waals surface area contributed by atoms with E-state index in [-0.39, 0.29) is 31.3 Å². The number of nitrogens with zero attached hydrogens (tertiary/aromatic N) is 2. The quantitative estimate of drug-likeness (QED) is 0.284. The van der Waals surface area contributed by atoms with E-state index in [4.69, 9.17) is 9.47 Å². The summed E-state index contributed by atoms with van der Waals surface area (Å²) in [6.07, 6.45) is 3.40. The number of Topliss-reactive ketones (excluding diaryl/α,β-unsaturated/α-hetero) is 2. The summed E-state index contributed by atoms with van der Waals surface area (Å²) in [5, 5.41) is 9.57. The predicted octanol–water partition coefficient (Wildman–Crippen LogP) is 4.45. The van der Waals surface area contributed by atoms with Crippen molar-refractivity contribution in [2.75, 3.05) is 26.8 Å². The molecule has 0 aliphatic carbocycles. The smallest absolute Gasteiger partial charge is 0.184 e. The summed E-state index contributed by atoms with van der Waals surface area (Å²) >= 11 is 0. The van der Waals surface area contributed by atoms with E-state index in [0.29, 0.717) is 23.3 Å². The van der Waals surface area contributed by atoms with Gasteiger partial charge < -0.3 is 14.6 Å². The molecule has 0 saturated heterocycles. The van der Waals surface area contributed by atoms with E-state index in [0.717, 1.165) is 16.9 Å². The van der Waals surface area contributed by atoms with Crippen LogP contribution < -0.4 is 9.47 Å². The summed E-state index contributed by atoms with van der Waals surface area (Å²) < 4.78 is 10.6. The molecule has 1 N–H and O–H groups in total. The van der Waals surface area contributed by atoms with Crippen molar-refractivity contribution in [3.8, 4) is 11.5 Å². The number of ketones is 2. The first-order chi connectivity index (χ1) is 17.5. The Morgan fingerprint density at radius 3 is 1.81 bits per heavy atom. The summed E-state index contributed by atoms with van der Waals surface area (Å²) in [7, 11) is 1.60. The van der Waals surface area contributed by atoms with Gasteiger partial charge in [-0.05, 0) is 72.1 Å². The maximum absolute atomic E-state index is 12.6. The average molecular weight is 487 g/mol. The highest BCUT2D eigenvalue weighted by atomic mass is 16.5. The minimum absolute atomic E-state index is 0.0149. The number of aliphatic hydroxyl groups excluding tert-OH is 1. The lowest BCUT2D eigenvalue weighted by atomic mass is 10.0. The van der Waals surface area contributed by atoms with Gasteiger partial charge in [0, 0.05) is 23.6 Å². The zero-order valence-corrected chi connectivity index (χ0v) is 20.5. The van der Waals surface area contributed by atoms with Gasteiger partial charge in [-0.25, -0.2) is 0 Å². The highest BCUT2D eigenvalue weighted by Gasteiger charge is 2.10. The van der Waals surface area contributed by atoms with Gasteiger partial charge in [-0.1, -0.05) is 25.1 Å². The summed E-state index contributed by atoms with van der Waals surface area (Å²) in [5.41, 5.74) is 2.54. The van der Waals surface area contributed by atoms with Gasteiger partial charge in [0.25, 0.3) is 0 Å². The molecule has 36 heavy (non-hydrogen) atoms. The van der Waals surface area contributed by atoms with E-state index in [1.54, 1.807) is 55.9 Å². The van der Waals surface area contributed by atoms with Gasteiger partial charge in [-0.3, -0.25) is 19.6 Å². The van der Waals surface area contributed by atoms with Crippen molar-refractivity contribution in [1.82, 2.24) is 0 Å². The van der Waals surface area contributed by atoms with E-state index >= 15 is 0 Å². The highest BCUT2D eigenvalue weighted by Crippen LogP contribution is 2.13. The molecule has 7 heteroatoms. The molecule has 1 unspecified atom stereocenters. The first-order valence-corrected chi connectivity index (χ1v) is 11.7. The van der Waals surface area contributed by atoms with Crippen LogP contribution in [0.25, 0.3) is 0 Å². The van der Waals surface area contributed by atoms with Crippen LogP contribution in [0.4, 0.5) is 0 Å². The third-order valence-electron chi connectivity index (χ3n) is 5.37. The number of methoxy groups -OCH3 is 1. The van der Waals surface area contributed by atoms with Crippen molar-refractivity contribution in [3.05, 3.63) is 95.1 Å². The Labute approximate surface area is 211 Å². The lowest BCUT2D eigenvalue weighted by molar-refractivity contribution is 0.100. The normalized spacial score (nSPS) is 12.1. The molecule has 3 rings (SSSR count). The van der Waals surface area contributed by atoms with Crippen molar-refractivity contribution >= 4 is 24.0 Å². The van der Waals surface area contributed by atoms with Crippen molar-refractivity contribution in [2.24, 2.45) is 9.98 Å². The van der Waals surface area contributed by atoms with Gasteiger partial charge in [-0.15, -0.1) is 0 Å². The lowest BCUT2D eigenvalue weighted by Crippen LogP contribution is -2.15. The SMILES string of the molecule is CCC(O)COc1ccc(C=NCC(=O)c2cccc(C(=O)CN=Cc3ccc(OC)cc3)c2)cc1. The van der Waals surface area contributed by atoms with E-state index < -0.39 is 6.10 Å². The van der Waals surface area contributed by atoms with Crippen LogP contribution >= 0.6 is 0 Å². The molecule has 186 valence electrons. The van der Waals surface area contributed by atoms with E-state index in [9.17, 15) is 14.7 Å². The molecule has 0 spiro atoms. The first kappa shape index (κ1) is 26.5. The summed E-state index contributed by atoms with van der Waals surface area (Å²) in [6.45, 7) is 2.09. The van der Waals surface area contributed by atoms with Gasteiger partial charge in [0.1, 0.15) is 31.2 Å². The number of carbonyl (C=O) groups excluding carboxylic acids is 2. The molecule has 3 aromatic carbocycles. The molecule has 0 fully saturated rings. The number of carbonyl (C=O) groups is 2. The minimum Gasteiger partial charge on any atom is -0.497 e. The monoisotopic (exact) mass is 486 g/mol. The number of ether oxygens (including phenoxy) is 2. The maximum atomic E-state index is 12.6. The van der Waals surface area contributed by atoms with Crippen molar-refractivity contribution in [3.63, 3.8) is 0 Å².